The molecule has 0 spiro atoms. The van der Waals surface area contributed by atoms with Crippen molar-refractivity contribution in [3.63, 3.8) is 0 Å². The van der Waals surface area contributed by atoms with E-state index >= 15 is 0 Å². The highest BCUT2D eigenvalue weighted by Gasteiger charge is 2.20. The summed E-state index contributed by atoms with van der Waals surface area (Å²) >= 11 is 2.11. The molecule has 1 aromatic heterocycles. The minimum atomic E-state index is 0.492. The van der Waals surface area contributed by atoms with Gasteiger partial charge in [-0.2, -0.15) is 11.8 Å². The van der Waals surface area contributed by atoms with Crippen LogP contribution in [-0.4, -0.2) is 23.0 Å². The summed E-state index contributed by atoms with van der Waals surface area (Å²) in [7, 11) is 0. The van der Waals surface area contributed by atoms with Gasteiger partial charge in [-0.1, -0.05) is 13.0 Å². The summed E-state index contributed by atoms with van der Waals surface area (Å²) in [5.74, 6) is 3.58. The quantitative estimate of drug-likeness (QED) is 0.849. The van der Waals surface area contributed by atoms with E-state index in [2.05, 4.69) is 35.1 Å². The Morgan fingerprint density at radius 1 is 1.44 bits per heavy atom. The molecule has 0 aliphatic carbocycles. The topological polar surface area (TPSA) is 24.9 Å². The molecule has 2 rings (SSSR count). The van der Waals surface area contributed by atoms with Crippen molar-refractivity contribution in [1.29, 1.82) is 0 Å². The predicted molar refractivity (Wildman–Crippen MR) is 79.9 cm³/mol. The molecule has 0 aromatic carbocycles. The molecule has 0 radical (unpaired) electrons. The second-order valence-electron chi connectivity index (χ2n) is 5.08. The zero-order valence-corrected chi connectivity index (χ0v) is 12.1. The summed E-state index contributed by atoms with van der Waals surface area (Å²) in [5.41, 5.74) is 1.35. The Morgan fingerprint density at radius 3 is 2.94 bits per heavy atom. The van der Waals surface area contributed by atoms with Gasteiger partial charge in [0, 0.05) is 18.4 Å². The number of thioether (sulfide) groups is 1. The molecule has 1 aliphatic heterocycles. The summed E-state index contributed by atoms with van der Waals surface area (Å²) < 4.78 is 0. The van der Waals surface area contributed by atoms with E-state index in [1.165, 1.54) is 42.8 Å². The molecule has 1 fully saturated rings. The molecule has 1 unspecified atom stereocenters. The second-order valence-corrected chi connectivity index (χ2v) is 6.31. The van der Waals surface area contributed by atoms with Crippen LogP contribution in [0.15, 0.2) is 24.5 Å². The largest absolute Gasteiger partial charge is 0.310 e. The minimum Gasteiger partial charge on any atom is -0.310 e. The maximum atomic E-state index is 4.26. The van der Waals surface area contributed by atoms with Crippen LogP contribution in [0.3, 0.4) is 0 Å². The molecule has 1 aromatic rings. The second kappa shape index (κ2) is 7.80. The van der Waals surface area contributed by atoms with Crippen LogP contribution < -0.4 is 5.32 Å². The highest BCUT2D eigenvalue weighted by atomic mass is 32.2. The molecule has 18 heavy (non-hydrogen) atoms. The zero-order chi connectivity index (χ0) is 12.6. The third kappa shape index (κ3) is 4.29. The van der Waals surface area contributed by atoms with E-state index in [1.54, 1.807) is 0 Å². The monoisotopic (exact) mass is 264 g/mol. The normalized spacial score (nSPS) is 18.7. The molecular formula is C15H24N2S. The van der Waals surface area contributed by atoms with Crippen LogP contribution in [-0.2, 0) is 0 Å². The molecule has 1 saturated heterocycles. The first kappa shape index (κ1) is 13.9. The Hall–Kier alpha value is -0.540. The number of hydrogen-bond acceptors (Lipinski definition) is 3. The molecule has 0 amide bonds. The van der Waals surface area contributed by atoms with Gasteiger partial charge in [0.1, 0.15) is 0 Å². The molecule has 1 aliphatic rings. The van der Waals surface area contributed by atoms with Crippen molar-refractivity contribution in [2.45, 2.75) is 38.6 Å². The third-order valence-electron chi connectivity index (χ3n) is 3.64. The van der Waals surface area contributed by atoms with Crippen LogP contribution in [0.25, 0.3) is 0 Å². The Bertz CT molecular complexity index is 323. The molecule has 2 heterocycles. The van der Waals surface area contributed by atoms with Gasteiger partial charge in [-0.3, -0.25) is 4.98 Å². The first-order chi connectivity index (χ1) is 8.90. The highest BCUT2D eigenvalue weighted by molar-refractivity contribution is 7.99. The average molecular weight is 264 g/mol. The van der Waals surface area contributed by atoms with Crippen molar-refractivity contribution in [2.75, 3.05) is 18.1 Å². The van der Waals surface area contributed by atoms with E-state index in [9.17, 15) is 0 Å². The first-order valence-corrected chi connectivity index (χ1v) is 8.26. The Kier molecular flexibility index (Phi) is 6.01. The summed E-state index contributed by atoms with van der Waals surface area (Å²) in [5, 5.41) is 3.69. The SMILES string of the molecule is CCCNC(CC1CCSCC1)c1cccnc1. The van der Waals surface area contributed by atoms with Crippen molar-refractivity contribution in [1.82, 2.24) is 10.3 Å². The van der Waals surface area contributed by atoms with Crippen molar-refractivity contribution in [2.24, 2.45) is 5.92 Å². The van der Waals surface area contributed by atoms with Gasteiger partial charge in [0.15, 0.2) is 0 Å². The number of nitrogens with one attached hydrogen (secondary N) is 1. The van der Waals surface area contributed by atoms with Crippen LogP contribution in [0.5, 0.6) is 0 Å². The lowest BCUT2D eigenvalue weighted by Gasteiger charge is -2.27. The van der Waals surface area contributed by atoms with Gasteiger partial charge in [-0.05, 0) is 61.3 Å². The fourth-order valence-electron chi connectivity index (χ4n) is 2.55. The standard InChI is InChI=1S/C15H24N2S/c1-2-7-17-15(14-4-3-8-16-12-14)11-13-5-9-18-10-6-13/h3-4,8,12-13,15,17H,2,5-7,9-11H2,1H3. The van der Waals surface area contributed by atoms with E-state index in [-0.39, 0.29) is 0 Å². The third-order valence-corrected chi connectivity index (χ3v) is 4.69. The molecule has 2 nitrogen and oxygen atoms in total. The first-order valence-electron chi connectivity index (χ1n) is 7.11. The average Bonchev–Trinajstić information content (AvgIpc) is 2.45. The molecule has 3 heteroatoms. The Balaban J connectivity index is 1.95. The summed E-state index contributed by atoms with van der Waals surface area (Å²) in [6.45, 7) is 3.32. The molecular weight excluding hydrogens is 240 g/mol. The molecule has 0 saturated carbocycles. The predicted octanol–water partition coefficient (Wildman–Crippen LogP) is 3.66. The summed E-state index contributed by atoms with van der Waals surface area (Å²) in [6, 6.07) is 4.75. The number of hydrogen-bond donors (Lipinski definition) is 1. The van der Waals surface area contributed by atoms with Crippen molar-refractivity contribution >= 4 is 11.8 Å². The molecule has 100 valence electrons. The van der Waals surface area contributed by atoms with Gasteiger partial charge in [-0.15, -0.1) is 0 Å². The lowest BCUT2D eigenvalue weighted by Crippen LogP contribution is -2.26. The number of nitrogens with zero attached hydrogens (tertiary/aromatic N) is 1. The maximum Gasteiger partial charge on any atom is 0.0338 e. The lowest BCUT2D eigenvalue weighted by molar-refractivity contribution is 0.370. The van der Waals surface area contributed by atoms with E-state index < -0.39 is 0 Å². The highest BCUT2D eigenvalue weighted by Crippen LogP contribution is 2.30. The van der Waals surface area contributed by atoms with Crippen LogP contribution in [0, 0.1) is 5.92 Å². The smallest absolute Gasteiger partial charge is 0.0338 e. The van der Waals surface area contributed by atoms with Crippen LogP contribution >= 0.6 is 11.8 Å². The van der Waals surface area contributed by atoms with E-state index in [0.29, 0.717) is 6.04 Å². The summed E-state index contributed by atoms with van der Waals surface area (Å²) in [4.78, 5) is 4.26. The van der Waals surface area contributed by atoms with Crippen molar-refractivity contribution in [3.8, 4) is 0 Å². The number of rotatable bonds is 6. The maximum absolute atomic E-state index is 4.26. The Labute approximate surface area is 115 Å². The van der Waals surface area contributed by atoms with Crippen molar-refractivity contribution < 1.29 is 0 Å². The van der Waals surface area contributed by atoms with Crippen LogP contribution in [0.1, 0.15) is 44.2 Å². The van der Waals surface area contributed by atoms with Crippen molar-refractivity contribution in [3.05, 3.63) is 30.1 Å². The molecule has 1 atom stereocenters. The zero-order valence-electron chi connectivity index (χ0n) is 11.3. The van der Waals surface area contributed by atoms with Gasteiger partial charge in [0.25, 0.3) is 0 Å². The number of aromatic nitrogens is 1. The summed E-state index contributed by atoms with van der Waals surface area (Å²) in [6.07, 6.45) is 9.11. The van der Waals surface area contributed by atoms with Gasteiger partial charge < -0.3 is 5.32 Å². The van der Waals surface area contributed by atoms with Gasteiger partial charge in [0.2, 0.25) is 0 Å². The van der Waals surface area contributed by atoms with Crippen LogP contribution in [0.2, 0.25) is 0 Å². The van der Waals surface area contributed by atoms with Gasteiger partial charge >= 0.3 is 0 Å². The van der Waals surface area contributed by atoms with Gasteiger partial charge in [0.05, 0.1) is 0 Å². The molecule has 0 bridgehead atoms. The van der Waals surface area contributed by atoms with Crippen LogP contribution in [0.4, 0.5) is 0 Å². The fraction of sp³-hybridized carbons (Fsp3) is 0.667. The minimum absolute atomic E-state index is 0.492. The number of pyridine rings is 1. The Morgan fingerprint density at radius 2 is 2.28 bits per heavy atom. The van der Waals surface area contributed by atoms with Gasteiger partial charge in [-0.25, -0.2) is 0 Å². The lowest BCUT2D eigenvalue weighted by atomic mass is 9.91. The molecule has 1 N–H and O–H groups in total. The van der Waals surface area contributed by atoms with E-state index in [0.717, 1.165) is 12.5 Å². The van der Waals surface area contributed by atoms with E-state index in [4.69, 9.17) is 0 Å². The fourth-order valence-corrected chi connectivity index (χ4v) is 3.76. The van der Waals surface area contributed by atoms with E-state index in [1.807, 2.05) is 18.5 Å².